The fraction of sp³-hybridized carbons (Fsp3) is 0.769. The Labute approximate surface area is 98.9 Å². The lowest BCUT2D eigenvalue weighted by atomic mass is 9.77. The summed E-state index contributed by atoms with van der Waals surface area (Å²) in [4.78, 5) is 14.0. The Bertz CT molecular complexity index is 284. The molecule has 0 spiro atoms. The van der Waals surface area contributed by atoms with Gasteiger partial charge in [-0.15, -0.1) is 0 Å². The number of rotatable bonds is 3. The minimum atomic E-state index is -0.0504. The van der Waals surface area contributed by atoms with Gasteiger partial charge in [0.2, 0.25) is 5.91 Å². The number of piperidine rings is 1. The predicted octanol–water partition coefficient (Wildman–Crippen LogP) is 1.80. The Morgan fingerprint density at radius 3 is 2.69 bits per heavy atom. The number of hydrogen-bond acceptors (Lipinski definition) is 2. The van der Waals surface area contributed by atoms with Crippen molar-refractivity contribution in [3.8, 4) is 0 Å². The molecule has 0 aromatic rings. The Morgan fingerprint density at radius 2 is 2.19 bits per heavy atom. The zero-order valence-electron chi connectivity index (χ0n) is 11.0. The predicted molar refractivity (Wildman–Crippen MR) is 67.3 cm³/mol. The fourth-order valence-electron chi connectivity index (χ4n) is 2.34. The smallest absolute Gasteiger partial charge is 0.240 e. The van der Waals surface area contributed by atoms with Gasteiger partial charge in [0, 0.05) is 13.6 Å². The van der Waals surface area contributed by atoms with Crippen molar-refractivity contribution in [1.82, 2.24) is 10.2 Å². The zero-order valence-corrected chi connectivity index (χ0v) is 11.0. The first-order valence-electron chi connectivity index (χ1n) is 5.97. The molecule has 0 aromatic carbocycles. The highest BCUT2D eigenvalue weighted by Gasteiger charge is 2.38. The van der Waals surface area contributed by atoms with Crippen molar-refractivity contribution in [3.63, 3.8) is 0 Å². The van der Waals surface area contributed by atoms with Crippen LogP contribution in [0, 0.1) is 5.41 Å². The van der Waals surface area contributed by atoms with Crippen LogP contribution >= 0.6 is 0 Å². The quantitative estimate of drug-likeness (QED) is 0.741. The van der Waals surface area contributed by atoms with E-state index in [-0.39, 0.29) is 17.4 Å². The lowest BCUT2D eigenvalue weighted by molar-refractivity contribution is -0.135. The van der Waals surface area contributed by atoms with E-state index in [4.69, 9.17) is 0 Å². The number of likely N-dealkylation sites (N-methyl/N-ethyl adjacent to an activating group) is 1. The van der Waals surface area contributed by atoms with Gasteiger partial charge >= 0.3 is 0 Å². The maximum Gasteiger partial charge on any atom is 0.240 e. The largest absolute Gasteiger partial charge is 0.340 e. The zero-order chi connectivity index (χ0) is 12.3. The average molecular weight is 224 g/mol. The highest BCUT2D eigenvalue weighted by atomic mass is 16.2. The van der Waals surface area contributed by atoms with Crippen LogP contribution in [0.15, 0.2) is 12.2 Å². The lowest BCUT2D eigenvalue weighted by Gasteiger charge is -2.40. The van der Waals surface area contributed by atoms with Crippen molar-refractivity contribution in [1.29, 1.82) is 0 Å². The van der Waals surface area contributed by atoms with Crippen molar-refractivity contribution < 1.29 is 4.79 Å². The summed E-state index contributed by atoms with van der Waals surface area (Å²) >= 11 is 0. The Morgan fingerprint density at radius 1 is 1.56 bits per heavy atom. The second kappa shape index (κ2) is 5.00. The van der Waals surface area contributed by atoms with Gasteiger partial charge in [-0.3, -0.25) is 4.79 Å². The molecule has 1 rings (SSSR count). The van der Waals surface area contributed by atoms with Gasteiger partial charge in [-0.05, 0) is 31.7 Å². The Balaban J connectivity index is 2.68. The van der Waals surface area contributed by atoms with E-state index in [1.165, 1.54) is 0 Å². The van der Waals surface area contributed by atoms with Crippen molar-refractivity contribution in [2.45, 2.75) is 39.7 Å². The van der Waals surface area contributed by atoms with Crippen LogP contribution in [-0.2, 0) is 4.79 Å². The molecule has 1 fully saturated rings. The van der Waals surface area contributed by atoms with Crippen molar-refractivity contribution in [2.24, 2.45) is 5.41 Å². The summed E-state index contributed by atoms with van der Waals surface area (Å²) in [7, 11) is 1.85. The number of carbonyl (C=O) groups excluding carboxylic acids is 1. The minimum absolute atomic E-state index is 0.0504. The molecule has 1 aliphatic heterocycles. The molecule has 1 saturated heterocycles. The Kier molecular flexibility index (Phi) is 4.14. The lowest BCUT2D eigenvalue weighted by Crippen LogP contribution is -2.56. The standard InChI is InChI=1S/C13H24N2O/c1-10(2)9-15(5)12(16)11-13(3,4)7-6-8-14-11/h11,14H,1,6-9H2,2-5H3. The van der Waals surface area contributed by atoms with Crippen LogP contribution < -0.4 is 5.32 Å². The minimum Gasteiger partial charge on any atom is -0.340 e. The molecule has 0 aliphatic carbocycles. The van der Waals surface area contributed by atoms with E-state index in [0.29, 0.717) is 6.54 Å². The molecular formula is C13H24N2O. The molecule has 0 bridgehead atoms. The molecule has 3 nitrogen and oxygen atoms in total. The van der Waals surface area contributed by atoms with Crippen molar-refractivity contribution in [2.75, 3.05) is 20.1 Å². The molecule has 1 unspecified atom stereocenters. The van der Waals surface area contributed by atoms with E-state index in [1.54, 1.807) is 4.90 Å². The van der Waals surface area contributed by atoms with E-state index < -0.39 is 0 Å². The first kappa shape index (κ1) is 13.2. The average Bonchev–Trinajstić information content (AvgIpc) is 2.15. The van der Waals surface area contributed by atoms with Gasteiger partial charge in [-0.1, -0.05) is 26.0 Å². The second-order valence-electron chi connectivity index (χ2n) is 5.63. The van der Waals surface area contributed by atoms with Crippen LogP contribution in [0.2, 0.25) is 0 Å². The second-order valence-corrected chi connectivity index (χ2v) is 5.63. The van der Waals surface area contributed by atoms with Gasteiger partial charge in [0.1, 0.15) is 0 Å². The molecular weight excluding hydrogens is 200 g/mol. The first-order valence-corrected chi connectivity index (χ1v) is 5.97. The highest BCUT2D eigenvalue weighted by molar-refractivity contribution is 5.82. The molecule has 1 atom stereocenters. The molecule has 16 heavy (non-hydrogen) atoms. The Hall–Kier alpha value is -0.830. The van der Waals surface area contributed by atoms with Gasteiger partial charge in [0.25, 0.3) is 0 Å². The summed E-state index contributed by atoms with van der Waals surface area (Å²) in [5.74, 6) is 0.188. The molecule has 3 heteroatoms. The number of amides is 1. The number of hydrogen-bond donors (Lipinski definition) is 1. The molecule has 1 aliphatic rings. The molecule has 0 saturated carbocycles. The summed E-state index contributed by atoms with van der Waals surface area (Å²) in [6, 6.07) is -0.0504. The molecule has 0 aromatic heterocycles. The third kappa shape index (κ3) is 3.08. The number of nitrogens with one attached hydrogen (secondary N) is 1. The van der Waals surface area contributed by atoms with Gasteiger partial charge in [0.05, 0.1) is 6.04 Å². The third-order valence-corrected chi connectivity index (χ3v) is 3.26. The maximum absolute atomic E-state index is 12.3. The molecule has 1 amide bonds. The van der Waals surface area contributed by atoms with E-state index in [0.717, 1.165) is 25.0 Å². The summed E-state index contributed by atoms with van der Waals surface area (Å²) in [5.41, 5.74) is 1.07. The SMILES string of the molecule is C=C(C)CN(C)C(=O)C1NCCCC1(C)C. The normalized spacial score (nSPS) is 23.9. The molecule has 92 valence electrons. The van der Waals surface area contributed by atoms with Crippen LogP contribution in [0.3, 0.4) is 0 Å². The van der Waals surface area contributed by atoms with Gasteiger partial charge in [-0.2, -0.15) is 0 Å². The van der Waals surface area contributed by atoms with Crippen LogP contribution in [0.25, 0.3) is 0 Å². The summed E-state index contributed by atoms with van der Waals surface area (Å²) in [5, 5.41) is 3.34. The monoisotopic (exact) mass is 224 g/mol. The number of nitrogens with zero attached hydrogens (tertiary/aromatic N) is 1. The molecule has 1 heterocycles. The summed E-state index contributed by atoms with van der Waals surface area (Å²) in [6.45, 7) is 11.7. The van der Waals surface area contributed by atoms with E-state index in [1.807, 2.05) is 14.0 Å². The topological polar surface area (TPSA) is 32.3 Å². The highest BCUT2D eigenvalue weighted by Crippen LogP contribution is 2.30. The first-order chi connectivity index (χ1) is 7.34. The van der Waals surface area contributed by atoms with Crippen LogP contribution in [0.4, 0.5) is 0 Å². The summed E-state index contributed by atoms with van der Waals surface area (Å²) in [6.07, 6.45) is 2.26. The van der Waals surface area contributed by atoms with Gasteiger partial charge in [0.15, 0.2) is 0 Å². The van der Waals surface area contributed by atoms with Crippen LogP contribution in [-0.4, -0.2) is 37.0 Å². The van der Waals surface area contributed by atoms with E-state index >= 15 is 0 Å². The number of carbonyl (C=O) groups is 1. The van der Waals surface area contributed by atoms with E-state index in [2.05, 4.69) is 25.7 Å². The van der Waals surface area contributed by atoms with Gasteiger partial charge in [-0.25, -0.2) is 0 Å². The summed E-state index contributed by atoms with van der Waals surface area (Å²) < 4.78 is 0. The van der Waals surface area contributed by atoms with Gasteiger partial charge < -0.3 is 10.2 Å². The van der Waals surface area contributed by atoms with Crippen molar-refractivity contribution >= 4 is 5.91 Å². The third-order valence-electron chi connectivity index (χ3n) is 3.26. The van der Waals surface area contributed by atoms with E-state index in [9.17, 15) is 4.79 Å². The van der Waals surface area contributed by atoms with Crippen LogP contribution in [0.1, 0.15) is 33.6 Å². The fourth-order valence-corrected chi connectivity index (χ4v) is 2.34. The molecule has 0 radical (unpaired) electrons. The maximum atomic E-state index is 12.3. The van der Waals surface area contributed by atoms with Crippen molar-refractivity contribution in [3.05, 3.63) is 12.2 Å². The van der Waals surface area contributed by atoms with Crippen LogP contribution in [0.5, 0.6) is 0 Å². The molecule has 1 N–H and O–H groups in total.